The minimum absolute atomic E-state index is 0.0305. The van der Waals surface area contributed by atoms with E-state index in [1.165, 1.54) is 12.1 Å². The zero-order valence-corrected chi connectivity index (χ0v) is 13.3. The van der Waals surface area contributed by atoms with Gasteiger partial charge in [-0.1, -0.05) is 0 Å². The van der Waals surface area contributed by atoms with Crippen molar-refractivity contribution in [1.29, 1.82) is 0 Å². The highest BCUT2D eigenvalue weighted by Gasteiger charge is 2.12. The first kappa shape index (κ1) is 17.4. The summed E-state index contributed by atoms with van der Waals surface area (Å²) >= 11 is 0. The molecule has 0 saturated heterocycles. The van der Waals surface area contributed by atoms with Crippen LogP contribution in [0.2, 0.25) is 0 Å². The SMILES string of the molecule is CC(C)Oc1cc(CO)cc(C(=O)Nc2ccc(C(=O)O)cn2)c1. The van der Waals surface area contributed by atoms with Crippen molar-refractivity contribution in [2.45, 2.75) is 26.6 Å². The third-order valence-electron chi connectivity index (χ3n) is 3.03. The van der Waals surface area contributed by atoms with Gasteiger partial charge in [0.25, 0.3) is 5.91 Å². The number of anilines is 1. The normalized spacial score (nSPS) is 10.5. The van der Waals surface area contributed by atoms with E-state index >= 15 is 0 Å². The lowest BCUT2D eigenvalue weighted by atomic mass is 10.1. The van der Waals surface area contributed by atoms with Crippen molar-refractivity contribution in [2.75, 3.05) is 5.32 Å². The minimum atomic E-state index is -1.09. The number of carboxylic acids is 1. The fourth-order valence-electron chi connectivity index (χ4n) is 2.01. The summed E-state index contributed by atoms with van der Waals surface area (Å²) in [5.41, 5.74) is 0.886. The largest absolute Gasteiger partial charge is 0.491 e. The van der Waals surface area contributed by atoms with Crippen molar-refractivity contribution < 1.29 is 24.5 Å². The van der Waals surface area contributed by atoms with E-state index in [-0.39, 0.29) is 24.1 Å². The van der Waals surface area contributed by atoms with Crippen molar-refractivity contribution in [3.8, 4) is 5.75 Å². The number of hydrogen-bond acceptors (Lipinski definition) is 5. The predicted octanol–water partition coefficient (Wildman–Crippen LogP) is 2.31. The van der Waals surface area contributed by atoms with Gasteiger partial charge >= 0.3 is 5.97 Å². The Balaban J connectivity index is 2.20. The van der Waals surface area contributed by atoms with Crippen LogP contribution in [0.4, 0.5) is 5.82 Å². The van der Waals surface area contributed by atoms with Gasteiger partial charge in [0.1, 0.15) is 11.6 Å². The van der Waals surface area contributed by atoms with E-state index in [4.69, 9.17) is 9.84 Å². The van der Waals surface area contributed by atoms with Crippen molar-refractivity contribution in [1.82, 2.24) is 4.98 Å². The van der Waals surface area contributed by atoms with Crippen molar-refractivity contribution in [3.05, 3.63) is 53.2 Å². The Morgan fingerprint density at radius 3 is 2.50 bits per heavy atom. The second-order valence-corrected chi connectivity index (χ2v) is 5.38. The molecule has 1 aromatic heterocycles. The number of rotatable bonds is 6. The molecule has 0 aliphatic carbocycles. The molecule has 0 aliphatic rings. The van der Waals surface area contributed by atoms with Crippen LogP contribution in [0.5, 0.6) is 5.75 Å². The molecule has 0 fully saturated rings. The van der Waals surface area contributed by atoms with Crippen LogP contribution in [0.1, 0.15) is 40.1 Å². The number of carboxylic acid groups (broad SMARTS) is 1. The second kappa shape index (κ2) is 7.56. The molecule has 1 amide bonds. The standard InChI is InChI=1S/C17H18N2O5/c1-10(2)24-14-6-11(9-20)5-13(7-14)16(21)19-15-4-3-12(8-18-15)17(22)23/h3-8,10,20H,9H2,1-2H3,(H,22,23)(H,18,19,21). The van der Waals surface area contributed by atoms with Gasteiger partial charge in [0.05, 0.1) is 18.3 Å². The zero-order chi connectivity index (χ0) is 17.7. The molecular formula is C17H18N2O5. The van der Waals surface area contributed by atoms with Crippen LogP contribution >= 0.6 is 0 Å². The van der Waals surface area contributed by atoms with Crippen LogP contribution in [0.15, 0.2) is 36.5 Å². The molecule has 0 unspecified atom stereocenters. The summed E-state index contributed by atoms with van der Waals surface area (Å²) in [5.74, 6) is -0.817. The van der Waals surface area contributed by atoms with Gasteiger partial charge in [-0.3, -0.25) is 4.79 Å². The molecule has 7 nitrogen and oxygen atoms in total. The first-order valence-electron chi connectivity index (χ1n) is 7.31. The fraction of sp³-hybridized carbons (Fsp3) is 0.235. The van der Waals surface area contributed by atoms with Gasteiger partial charge < -0.3 is 20.3 Å². The van der Waals surface area contributed by atoms with Gasteiger partial charge in [0.15, 0.2) is 0 Å². The number of aromatic carboxylic acids is 1. The molecule has 2 aromatic rings. The summed E-state index contributed by atoms with van der Waals surface area (Å²) in [5, 5.41) is 20.7. The molecule has 0 aliphatic heterocycles. The summed E-state index contributed by atoms with van der Waals surface area (Å²) in [6, 6.07) is 7.54. The van der Waals surface area contributed by atoms with Gasteiger partial charge in [0.2, 0.25) is 0 Å². The van der Waals surface area contributed by atoms with Crippen LogP contribution in [-0.2, 0) is 6.61 Å². The van der Waals surface area contributed by atoms with Crippen LogP contribution in [0, 0.1) is 0 Å². The average Bonchev–Trinajstić information content (AvgIpc) is 2.54. The number of aromatic nitrogens is 1. The average molecular weight is 330 g/mol. The van der Waals surface area contributed by atoms with Crippen LogP contribution in [-0.4, -0.2) is 33.2 Å². The van der Waals surface area contributed by atoms with Crippen LogP contribution < -0.4 is 10.1 Å². The van der Waals surface area contributed by atoms with Gasteiger partial charge in [0, 0.05) is 11.8 Å². The number of nitrogens with one attached hydrogen (secondary N) is 1. The first-order valence-corrected chi connectivity index (χ1v) is 7.31. The van der Waals surface area contributed by atoms with Crippen molar-refractivity contribution in [3.63, 3.8) is 0 Å². The quantitative estimate of drug-likeness (QED) is 0.750. The Bertz CT molecular complexity index is 741. The minimum Gasteiger partial charge on any atom is -0.491 e. The lowest BCUT2D eigenvalue weighted by Crippen LogP contribution is -2.14. The van der Waals surface area contributed by atoms with E-state index in [1.807, 2.05) is 13.8 Å². The number of carbonyl (C=O) groups is 2. The zero-order valence-electron chi connectivity index (χ0n) is 13.3. The van der Waals surface area contributed by atoms with Crippen molar-refractivity contribution in [2.24, 2.45) is 0 Å². The number of nitrogens with zero attached hydrogens (tertiary/aromatic N) is 1. The van der Waals surface area contributed by atoms with Crippen molar-refractivity contribution >= 4 is 17.7 Å². The Kier molecular flexibility index (Phi) is 5.49. The molecule has 0 atom stereocenters. The Labute approximate surface area is 138 Å². The highest BCUT2D eigenvalue weighted by Crippen LogP contribution is 2.20. The summed E-state index contributed by atoms with van der Waals surface area (Å²) in [6.45, 7) is 3.50. The number of ether oxygens (including phenoxy) is 1. The molecule has 0 bridgehead atoms. The first-order chi connectivity index (χ1) is 11.4. The van der Waals surface area contributed by atoms with Gasteiger partial charge in [-0.05, 0) is 49.7 Å². The third-order valence-corrected chi connectivity index (χ3v) is 3.03. The molecule has 0 saturated carbocycles. The highest BCUT2D eigenvalue weighted by atomic mass is 16.5. The summed E-state index contributed by atoms with van der Waals surface area (Å²) in [6.07, 6.45) is 1.09. The Hall–Kier alpha value is -2.93. The van der Waals surface area contributed by atoms with Gasteiger partial charge in [-0.15, -0.1) is 0 Å². The molecular weight excluding hydrogens is 312 g/mol. The Morgan fingerprint density at radius 1 is 1.21 bits per heavy atom. The number of aliphatic hydroxyl groups is 1. The highest BCUT2D eigenvalue weighted by molar-refractivity contribution is 6.04. The predicted molar refractivity (Wildman–Crippen MR) is 87.3 cm³/mol. The van der Waals surface area contributed by atoms with E-state index < -0.39 is 11.9 Å². The monoisotopic (exact) mass is 330 g/mol. The van der Waals surface area contributed by atoms with E-state index in [2.05, 4.69) is 10.3 Å². The van der Waals surface area contributed by atoms with Crippen LogP contribution in [0.25, 0.3) is 0 Å². The van der Waals surface area contributed by atoms with Gasteiger partial charge in [-0.2, -0.15) is 0 Å². The maximum atomic E-state index is 12.3. The summed E-state index contributed by atoms with van der Waals surface area (Å²) < 4.78 is 5.57. The molecule has 7 heteroatoms. The topological polar surface area (TPSA) is 109 Å². The van der Waals surface area contributed by atoms with E-state index in [1.54, 1.807) is 18.2 Å². The fourth-order valence-corrected chi connectivity index (χ4v) is 2.01. The van der Waals surface area contributed by atoms with Crippen LogP contribution in [0.3, 0.4) is 0 Å². The number of aliphatic hydroxyl groups excluding tert-OH is 1. The lowest BCUT2D eigenvalue weighted by Gasteiger charge is -2.13. The van der Waals surface area contributed by atoms with E-state index in [0.717, 1.165) is 6.20 Å². The van der Waals surface area contributed by atoms with Gasteiger partial charge in [-0.25, -0.2) is 9.78 Å². The number of hydrogen-bond donors (Lipinski definition) is 3. The summed E-state index contributed by atoms with van der Waals surface area (Å²) in [7, 11) is 0. The molecule has 1 heterocycles. The lowest BCUT2D eigenvalue weighted by molar-refractivity contribution is 0.0696. The van der Waals surface area contributed by atoms with E-state index in [0.29, 0.717) is 16.9 Å². The number of amides is 1. The summed E-state index contributed by atoms with van der Waals surface area (Å²) in [4.78, 5) is 27.0. The molecule has 2 rings (SSSR count). The maximum absolute atomic E-state index is 12.3. The molecule has 126 valence electrons. The Morgan fingerprint density at radius 2 is 1.96 bits per heavy atom. The molecule has 3 N–H and O–H groups in total. The molecule has 0 spiro atoms. The number of carbonyl (C=O) groups excluding carboxylic acids is 1. The maximum Gasteiger partial charge on any atom is 0.337 e. The number of pyridine rings is 1. The smallest absolute Gasteiger partial charge is 0.337 e. The molecule has 24 heavy (non-hydrogen) atoms. The molecule has 1 aromatic carbocycles. The van der Waals surface area contributed by atoms with E-state index in [9.17, 15) is 14.7 Å². The molecule has 0 radical (unpaired) electrons. The third kappa shape index (κ3) is 4.53. The second-order valence-electron chi connectivity index (χ2n) is 5.38. The number of benzene rings is 1.